The van der Waals surface area contributed by atoms with E-state index in [4.69, 9.17) is 16.3 Å². The maximum absolute atomic E-state index is 13.9. The summed E-state index contributed by atoms with van der Waals surface area (Å²) in [5.74, 6) is 0.148. The zero-order chi connectivity index (χ0) is 34.9. The molecular formula is C37H61ClN4O6. The number of unbranched alkanes of at least 4 members (excludes halogenated alkanes) is 2. The van der Waals surface area contributed by atoms with Crippen molar-refractivity contribution in [3.63, 3.8) is 0 Å². The van der Waals surface area contributed by atoms with Gasteiger partial charge in [-0.3, -0.25) is 4.79 Å². The van der Waals surface area contributed by atoms with Crippen molar-refractivity contribution in [2.75, 3.05) is 39.9 Å². The molecule has 2 aliphatic rings. The van der Waals surface area contributed by atoms with E-state index in [-0.39, 0.29) is 48.9 Å². The van der Waals surface area contributed by atoms with E-state index in [1.807, 2.05) is 43.0 Å². The van der Waals surface area contributed by atoms with Crippen LogP contribution in [0.1, 0.15) is 109 Å². The van der Waals surface area contributed by atoms with E-state index in [1.165, 1.54) is 26.4 Å². The molecule has 1 saturated carbocycles. The van der Waals surface area contributed by atoms with Crippen molar-refractivity contribution >= 4 is 29.6 Å². The summed E-state index contributed by atoms with van der Waals surface area (Å²) < 4.78 is 11.0. The van der Waals surface area contributed by atoms with Crippen LogP contribution in [0.2, 0.25) is 5.02 Å². The average molecular weight is 693 g/mol. The van der Waals surface area contributed by atoms with Gasteiger partial charge in [-0.25, -0.2) is 9.59 Å². The maximum Gasteiger partial charge on any atom is 0.406 e. The highest BCUT2D eigenvalue weighted by atomic mass is 35.5. The summed E-state index contributed by atoms with van der Waals surface area (Å²) >= 11 is 6.36. The largest absolute Gasteiger partial charge is 0.453 e. The molecule has 11 heteroatoms. The number of piperidine rings is 1. The summed E-state index contributed by atoms with van der Waals surface area (Å²) in [6.45, 7) is 8.48. The molecule has 2 unspecified atom stereocenters. The number of aliphatic hydroxyl groups is 1. The fourth-order valence-electron chi connectivity index (χ4n) is 7.21. The molecule has 0 spiro atoms. The molecular weight excluding hydrogens is 632 g/mol. The van der Waals surface area contributed by atoms with E-state index >= 15 is 0 Å². The van der Waals surface area contributed by atoms with Crippen LogP contribution >= 0.6 is 11.6 Å². The molecule has 1 aromatic carbocycles. The maximum atomic E-state index is 13.9. The minimum absolute atomic E-state index is 0.00420. The van der Waals surface area contributed by atoms with Crippen molar-refractivity contribution in [3.8, 4) is 0 Å². The minimum atomic E-state index is -0.838. The number of hydrogen-bond donors (Lipinski definition) is 4. The lowest BCUT2D eigenvalue weighted by Crippen LogP contribution is -2.53. The van der Waals surface area contributed by atoms with E-state index in [2.05, 4.69) is 27.6 Å². The summed E-state index contributed by atoms with van der Waals surface area (Å²) in [7, 11) is 1.32. The van der Waals surface area contributed by atoms with Crippen molar-refractivity contribution in [2.24, 2.45) is 23.7 Å². The number of urea groups is 1. The average Bonchev–Trinajstić information content (AvgIpc) is 3.08. The fraction of sp³-hybridized carbons (Fsp3) is 0.757. The third kappa shape index (κ3) is 13.4. The zero-order valence-electron chi connectivity index (χ0n) is 29.7. The van der Waals surface area contributed by atoms with Crippen LogP contribution in [0.5, 0.6) is 0 Å². The molecule has 10 nitrogen and oxygen atoms in total. The molecule has 1 aliphatic carbocycles. The molecule has 4 N–H and O–H groups in total. The van der Waals surface area contributed by atoms with Gasteiger partial charge in [-0.05, 0) is 61.6 Å². The molecule has 0 radical (unpaired) electrons. The molecule has 0 bridgehead atoms. The number of nitrogens with one attached hydrogen (secondary N) is 3. The molecule has 0 aromatic heterocycles. The van der Waals surface area contributed by atoms with E-state index in [9.17, 15) is 19.5 Å². The van der Waals surface area contributed by atoms with Gasteiger partial charge >= 0.3 is 12.1 Å². The Balaban J connectivity index is 1.71. The highest BCUT2D eigenvalue weighted by Gasteiger charge is 2.35. The molecule has 1 saturated heterocycles. The lowest BCUT2D eigenvalue weighted by atomic mass is 9.81. The van der Waals surface area contributed by atoms with Gasteiger partial charge in [0.05, 0.1) is 32.0 Å². The standard InChI is InChI=1S/C37H61ClN4O6/c1-5-6-10-18-39-35(44)31(26(2)3)24-33(43)32(22-27-13-8-7-9-14-27)41-36(45)42-20-12-16-29(25-42)34(28-15-11-17-30(38)23-28)48-21-19-40-37(46)47-4/h11,15,17,23,26-27,29,31-34,43H,5-10,12-14,16,18-22,24-25H2,1-4H3,(H,39,44)(H,40,46)(H,41,45)/t29?,31-,32-,33-,34?/m0/s1. The second-order valence-electron chi connectivity index (χ2n) is 14.1. The van der Waals surface area contributed by atoms with Crippen LogP contribution in [0.3, 0.4) is 0 Å². The quantitative estimate of drug-likeness (QED) is 0.125. The normalized spacial score (nSPS) is 19.6. The van der Waals surface area contributed by atoms with Crippen LogP contribution in [0.4, 0.5) is 9.59 Å². The van der Waals surface area contributed by atoms with E-state index in [0.29, 0.717) is 43.4 Å². The van der Waals surface area contributed by atoms with Gasteiger partial charge in [0.2, 0.25) is 5.91 Å². The van der Waals surface area contributed by atoms with Crippen molar-refractivity contribution in [1.82, 2.24) is 20.9 Å². The first-order valence-electron chi connectivity index (χ1n) is 18.3. The van der Waals surface area contributed by atoms with Gasteiger partial charge in [-0.2, -0.15) is 0 Å². The Kier molecular flexibility index (Phi) is 17.9. The van der Waals surface area contributed by atoms with Crippen LogP contribution in [0, 0.1) is 23.7 Å². The zero-order valence-corrected chi connectivity index (χ0v) is 30.4. The van der Waals surface area contributed by atoms with Crippen molar-refractivity contribution < 1.29 is 29.0 Å². The number of carbonyl (C=O) groups is 3. The number of nitrogens with zero attached hydrogens (tertiary/aromatic N) is 1. The molecule has 3 rings (SSSR count). The first-order chi connectivity index (χ1) is 23.1. The number of halogens is 1. The van der Waals surface area contributed by atoms with Gasteiger partial charge in [-0.1, -0.05) is 89.5 Å². The lowest BCUT2D eigenvalue weighted by molar-refractivity contribution is -0.127. The molecule has 1 aliphatic heterocycles. The number of rotatable bonds is 18. The topological polar surface area (TPSA) is 129 Å². The molecule has 1 aromatic rings. The number of aliphatic hydroxyl groups excluding tert-OH is 1. The monoisotopic (exact) mass is 692 g/mol. The highest BCUT2D eigenvalue weighted by molar-refractivity contribution is 6.30. The third-order valence-corrected chi connectivity index (χ3v) is 10.2. The number of ether oxygens (including phenoxy) is 2. The van der Waals surface area contributed by atoms with E-state index in [1.54, 1.807) is 0 Å². The van der Waals surface area contributed by atoms with Gasteiger partial charge in [0, 0.05) is 43.0 Å². The van der Waals surface area contributed by atoms with Crippen LogP contribution in [-0.4, -0.2) is 80.1 Å². The SMILES string of the molecule is CCCCCNC(=O)[C@@H](C[C@H](O)[C@H](CC1CCCCC1)NC(=O)N1CCCC(C(OCCNC(=O)OC)c2cccc(Cl)c2)C1)C(C)C. The lowest BCUT2D eigenvalue weighted by Gasteiger charge is -2.39. The Bertz CT molecular complexity index is 1120. The summed E-state index contributed by atoms with van der Waals surface area (Å²) in [5, 5.41) is 21.3. The van der Waals surface area contributed by atoms with Crippen LogP contribution in [-0.2, 0) is 14.3 Å². The van der Waals surface area contributed by atoms with Gasteiger partial charge < -0.3 is 35.4 Å². The van der Waals surface area contributed by atoms with Gasteiger partial charge in [0.25, 0.3) is 0 Å². The number of likely N-dealkylation sites (tertiary alicyclic amines) is 1. The van der Waals surface area contributed by atoms with Crippen molar-refractivity contribution in [3.05, 3.63) is 34.9 Å². The second kappa shape index (κ2) is 21.5. The predicted molar refractivity (Wildman–Crippen MR) is 190 cm³/mol. The second-order valence-corrected chi connectivity index (χ2v) is 14.5. The molecule has 5 atom stereocenters. The number of amides is 4. The Morgan fingerprint density at radius 1 is 1.04 bits per heavy atom. The fourth-order valence-corrected chi connectivity index (χ4v) is 7.41. The first-order valence-corrected chi connectivity index (χ1v) is 18.7. The van der Waals surface area contributed by atoms with Crippen molar-refractivity contribution in [1.29, 1.82) is 0 Å². The summed E-state index contributed by atoms with van der Waals surface area (Å²) in [6.07, 6.45) is 9.87. The summed E-state index contributed by atoms with van der Waals surface area (Å²) in [5.41, 5.74) is 0.922. The van der Waals surface area contributed by atoms with Crippen LogP contribution in [0.25, 0.3) is 0 Å². The summed E-state index contributed by atoms with van der Waals surface area (Å²) in [6, 6.07) is 6.94. The Labute approximate surface area is 293 Å². The molecule has 1 heterocycles. The number of alkyl carbamates (subject to hydrolysis) is 1. The smallest absolute Gasteiger partial charge is 0.406 e. The number of methoxy groups -OCH3 is 1. The molecule has 2 fully saturated rings. The van der Waals surface area contributed by atoms with Crippen LogP contribution < -0.4 is 16.0 Å². The Morgan fingerprint density at radius 2 is 1.81 bits per heavy atom. The highest BCUT2D eigenvalue weighted by Crippen LogP contribution is 2.35. The van der Waals surface area contributed by atoms with Gasteiger partial charge in [0.15, 0.2) is 0 Å². The number of carbonyl (C=O) groups excluding carboxylic acids is 3. The van der Waals surface area contributed by atoms with Crippen molar-refractivity contribution in [2.45, 2.75) is 116 Å². The molecule has 48 heavy (non-hydrogen) atoms. The Morgan fingerprint density at radius 3 is 2.50 bits per heavy atom. The minimum Gasteiger partial charge on any atom is -0.453 e. The Hall–Kier alpha value is -2.56. The third-order valence-electron chi connectivity index (χ3n) is 10.0. The molecule has 4 amide bonds. The number of hydrogen-bond acceptors (Lipinski definition) is 6. The summed E-state index contributed by atoms with van der Waals surface area (Å²) in [4.78, 5) is 40.5. The van der Waals surface area contributed by atoms with Crippen LogP contribution in [0.15, 0.2) is 24.3 Å². The predicted octanol–water partition coefficient (Wildman–Crippen LogP) is 6.84. The molecule has 272 valence electrons. The number of benzene rings is 1. The van der Waals surface area contributed by atoms with E-state index in [0.717, 1.165) is 50.5 Å². The van der Waals surface area contributed by atoms with E-state index < -0.39 is 18.2 Å². The van der Waals surface area contributed by atoms with Gasteiger partial charge in [-0.15, -0.1) is 0 Å². The van der Waals surface area contributed by atoms with Gasteiger partial charge in [0.1, 0.15) is 0 Å². The first kappa shape index (κ1) is 39.9.